The average molecular weight is 483 g/mol. The molecule has 0 aromatic heterocycles. The third kappa shape index (κ3) is 6.29. The predicted molar refractivity (Wildman–Crippen MR) is 133 cm³/mol. The number of benzene rings is 3. The number of methoxy groups -OCH3 is 2. The van der Waals surface area contributed by atoms with Gasteiger partial charge in [0.15, 0.2) is 11.5 Å². The molecule has 34 heavy (non-hydrogen) atoms. The van der Waals surface area contributed by atoms with Gasteiger partial charge in [0.1, 0.15) is 6.54 Å². The van der Waals surface area contributed by atoms with Crippen molar-refractivity contribution in [3.63, 3.8) is 0 Å². The lowest BCUT2D eigenvalue weighted by Crippen LogP contribution is -2.43. The van der Waals surface area contributed by atoms with E-state index in [-0.39, 0.29) is 29.1 Å². The van der Waals surface area contributed by atoms with Gasteiger partial charge >= 0.3 is 0 Å². The van der Waals surface area contributed by atoms with Gasteiger partial charge in [-0.1, -0.05) is 48.5 Å². The van der Waals surface area contributed by atoms with Crippen LogP contribution in [0, 0.1) is 0 Å². The van der Waals surface area contributed by atoms with Crippen LogP contribution in [0.1, 0.15) is 18.9 Å². The van der Waals surface area contributed by atoms with Crippen molar-refractivity contribution in [3.8, 4) is 11.5 Å². The molecule has 0 unspecified atom stereocenters. The number of rotatable bonds is 11. The topological polar surface area (TPSA) is 84.9 Å². The van der Waals surface area contributed by atoms with Crippen LogP contribution in [0.5, 0.6) is 11.5 Å². The molecule has 0 aliphatic carbocycles. The zero-order chi connectivity index (χ0) is 24.6. The second-order valence-corrected chi connectivity index (χ2v) is 9.72. The normalized spacial score (nSPS) is 12.0. The summed E-state index contributed by atoms with van der Waals surface area (Å²) in [7, 11) is -1.15. The zero-order valence-corrected chi connectivity index (χ0v) is 20.4. The van der Waals surface area contributed by atoms with Crippen LogP contribution in [0.15, 0.2) is 83.8 Å². The zero-order valence-electron chi connectivity index (χ0n) is 19.6. The Morgan fingerprint density at radius 1 is 0.912 bits per heavy atom. The van der Waals surface area contributed by atoms with E-state index >= 15 is 0 Å². The number of sulfonamides is 1. The molecule has 1 N–H and O–H groups in total. The van der Waals surface area contributed by atoms with Crippen LogP contribution in [0.2, 0.25) is 0 Å². The first-order chi connectivity index (χ1) is 16.3. The van der Waals surface area contributed by atoms with Crippen LogP contribution in [0.3, 0.4) is 0 Å². The van der Waals surface area contributed by atoms with E-state index in [0.717, 1.165) is 17.1 Å². The molecule has 3 aromatic carbocycles. The van der Waals surface area contributed by atoms with Crippen LogP contribution in [-0.4, -0.2) is 41.1 Å². The Bertz CT molecular complexity index is 1180. The van der Waals surface area contributed by atoms with Gasteiger partial charge in [0.2, 0.25) is 5.91 Å². The standard InChI is InChI=1S/C26H30N2O5S/c1-20(14-15-21-10-6-4-7-11-21)27-26(29)19-28(22-12-8-5-9-13-22)34(30,31)23-16-17-24(32-2)25(18-23)33-3/h4-13,16-18,20H,14-15,19H2,1-3H3,(H,27,29)/t20-/m0/s1. The lowest BCUT2D eigenvalue weighted by Gasteiger charge is -2.25. The Hall–Kier alpha value is -3.52. The van der Waals surface area contributed by atoms with Crippen LogP contribution in [0.25, 0.3) is 0 Å². The number of carbonyl (C=O) groups excluding carboxylic acids is 1. The van der Waals surface area contributed by atoms with Crippen molar-refractivity contribution in [3.05, 3.63) is 84.4 Å². The van der Waals surface area contributed by atoms with Gasteiger partial charge in [-0.05, 0) is 49.6 Å². The first-order valence-electron chi connectivity index (χ1n) is 11.0. The van der Waals surface area contributed by atoms with E-state index in [0.29, 0.717) is 11.4 Å². The molecule has 0 aliphatic rings. The Balaban J connectivity index is 1.79. The summed E-state index contributed by atoms with van der Waals surface area (Å²) in [6, 6.07) is 22.8. The fourth-order valence-electron chi connectivity index (χ4n) is 3.56. The van der Waals surface area contributed by atoms with Gasteiger partial charge in [-0.2, -0.15) is 0 Å². The molecule has 8 heteroatoms. The van der Waals surface area contributed by atoms with Crippen molar-refractivity contribution in [2.75, 3.05) is 25.1 Å². The lowest BCUT2D eigenvalue weighted by molar-refractivity contribution is -0.120. The molecule has 0 saturated heterocycles. The van der Waals surface area contributed by atoms with Gasteiger partial charge in [-0.25, -0.2) is 8.42 Å². The summed E-state index contributed by atoms with van der Waals surface area (Å²) in [4.78, 5) is 12.9. The molecule has 0 heterocycles. The summed E-state index contributed by atoms with van der Waals surface area (Å²) < 4.78 is 38.8. The number of nitrogens with zero attached hydrogens (tertiary/aromatic N) is 1. The third-order valence-corrected chi connectivity index (χ3v) is 7.16. The molecule has 0 radical (unpaired) electrons. The molecule has 3 aromatic rings. The van der Waals surface area contributed by atoms with Crippen molar-refractivity contribution >= 4 is 21.6 Å². The number of anilines is 1. The van der Waals surface area contributed by atoms with Crippen molar-refractivity contribution in [2.24, 2.45) is 0 Å². The number of para-hydroxylation sites is 1. The molecule has 0 saturated carbocycles. The molecule has 0 aliphatic heterocycles. The Morgan fingerprint density at radius 3 is 2.15 bits per heavy atom. The van der Waals surface area contributed by atoms with Gasteiger partial charge in [0.05, 0.1) is 24.8 Å². The van der Waals surface area contributed by atoms with Gasteiger partial charge in [0, 0.05) is 12.1 Å². The fourth-order valence-corrected chi connectivity index (χ4v) is 5.00. The van der Waals surface area contributed by atoms with Crippen LogP contribution in [-0.2, 0) is 21.2 Å². The highest BCUT2D eigenvalue weighted by molar-refractivity contribution is 7.92. The van der Waals surface area contributed by atoms with E-state index in [1.54, 1.807) is 30.3 Å². The molecule has 180 valence electrons. The minimum atomic E-state index is -4.06. The van der Waals surface area contributed by atoms with E-state index in [1.807, 2.05) is 37.3 Å². The quantitative estimate of drug-likeness (QED) is 0.446. The number of ether oxygens (including phenoxy) is 2. The van der Waals surface area contributed by atoms with E-state index < -0.39 is 10.0 Å². The summed E-state index contributed by atoms with van der Waals surface area (Å²) in [6.45, 7) is 1.56. The molecule has 0 fully saturated rings. The van der Waals surface area contributed by atoms with Crippen molar-refractivity contribution in [1.29, 1.82) is 0 Å². The summed E-state index contributed by atoms with van der Waals surface area (Å²) in [5.41, 5.74) is 1.58. The minimum Gasteiger partial charge on any atom is -0.493 e. The summed E-state index contributed by atoms with van der Waals surface area (Å²) in [5, 5.41) is 2.92. The predicted octanol–water partition coefficient (Wildman–Crippen LogP) is 4.04. The highest BCUT2D eigenvalue weighted by Gasteiger charge is 2.28. The molecule has 0 spiro atoms. The molecular formula is C26H30N2O5S. The van der Waals surface area contributed by atoms with Gasteiger partial charge in [0.25, 0.3) is 10.0 Å². The third-order valence-electron chi connectivity index (χ3n) is 5.39. The molecule has 7 nitrogen and oxygen atoms in total. The van der Waals surface area contributed by atoms with Gasteiger partial charge in [-0.15, -0.1) is 0 Å². The first kappa shape index (κ1) is 25.1. The Morgan fingerprint density at radius 2 is 1.53 bits per heavy atom. The summed E-state index contributed by atoms with van der Waals surface area (Å²) in [6.07, 6.45) is 1.55. The number of carbonyl (C=O) groups is 1. The van der Waals surface area contributed by atoms with Crippen molar-refractivity contribution < 1.29 is 22.7 Å². The second-order valence-electron chi connectivity index (χ2n) is 7.86. The van der Waals surface area contributed by atoms with E-state index in [4.69, 9.17) is 9.47 Å². The van der Waals surface area contributed by atoms with E-state index in [1.165, 1.54) is 38.0 Å². The average Bonchev–Trinajstić information content (AvgIpc) is 2.86. The number of aryl methyl sites for hydroxylation is 1. The fraction of sp³-hybridized carbons (Fsp3) is 0.269. The molecule has 1 amide bonds. The maximum Gasteiger partial charge on any atom is 0.264 e. The largest absolute Gasteiger partial charge is 0.493 e. The van der Waals surface area contributed by atoms with Crippen LogP contribution < -0.4 is 19.1 Å². The van der Waals surface area contributed by atoms with E-state index in [9.17, 15) is 13.2 Å². The lowest BCUT2D eigenvalue weighted by atomic mass is 10.1. The maximum absolute atomic E-state index is 13.6. The minimum absolute atomic E-state index is 0.000992. The maximum atomic E-state index is 13.6. The molecular weight excluding hydrogens is 452 g/mol. The Labute approximate surface area is 201 Å². The number of nitrogens with one attached hydrogen (secondary N) is 1. The highest BCUT2D eigenvalue weighted by atomic mass is 32.2. The number of hydrogen-bond acceptors (Lipinski definition) is 5. The van der Waals surface area contributed by atoms with Crippen molar-refractivity contribution in [1.82, 2.24) is 5.32 Å². The Kier molecular flexibility index (Phi) is 8.54. The van der Waals surface area contributed by atoms with Gasteiger partial charge < -0.3 is 14.8 Å². The van der Waals surface area contributed by atoms with Crippen LogP contribution in [0.4, 0.5) is 5.69 Å². The first-order valence-corrected chi connectivity index (χ1v) is 12.4. The second kappa shape index (κ2) is 11.6. The van der Waals surface area contributed by atoms with Gasteiger partial charge in [-0.3, -0.25) is 9.10 Å². The number of hydrogen-bond donors (Lipinski definition) is 1. The SMILES string of the molecule is COc1ccc(S(=O)(=O)N(CC(=O)N[C@@H](C)CCc2ccccc2)c2ccccc2)cc1OC. The van der Waals surface area contributed by atoms with Crippen molar-refractivity contribution in [2.45, 2.75) is 30.7 Å². The molecule has 1 atom stereocenters. The van der Waals surface area contributed by atoms with E-state index in [2.05, 4.69) is 5.32 Å². The summed E-state index contributed by atoms with van der Waals surface area (Å²) in [5.74, 6) is 0.321. The smallest absolute Gasteiger partial charge is 0.264 e. The number of amides is 1. The summed E-state index contributed by atoms with van der Waals surface area (Å²) >= 11 is 0. The highest BCUT2D eigenvalue weighted by Crippen LogP contribution is 2.32. The molecule has 3 rings (SSSR count). The molecule has 0 bridgehead atoms. The monoisotopic (exact) mass is 482 g/mol. The van der Waals surface area contributed by atoms with Crippen LogP contribution >= 0.6 is 0 Å².